The molecule has 0 aliphatic rings. The molecule has 1 aromatic rings. The molecule has 4 nitrogen and oxygen atoms in total. The summed E-state index contributed by atoms with van der Waals surface area (Å²) in [7, 11) is 1.64. The van der Waals surface area contributed by atoms with Gasteiger partial charge in [-0.05, 0) is 23.6 Å². The number of rotatable bonds is 5. The van der Waals surface area contributed by atoms with Crippen LogP contribution in [0.2, 0.25) is 0 Å². The highest BCUT2D eigenvalue weighted by atomic mass is 16.5. The molecule has 2 atom stereocenters. The van der Waals surface area contributed by atoms with Crippen LogP contribution in [0.5, 0.6) is 5.75 Å². The Bertz CT molecular complexity index is 342. The summed E-state index contributed by atoms with van der Waals surface area (Å²) in [6.07, 6.45) is 0.153. The number of hydrogen-bond acceptors (Lipinski definition) is 4. The number of ether oxygens (including phenoxy) is 1. The van der Waals surface area contributed by atoms with Crippen LogP contribution in [0.15, 0.2) is 18.2 Å². The molecule has 1 aromatic carbocycles. The van der Waals surface area contributed by atoms with Crippen molar-refractivity contribution in [2.45, 2.75) is 25.5 Å². The van der Waals surface area contributed by atoms with Crippen molar-refractivity contribution in [2.24, 2.45) is 11.5 Å². The zero-order valence-electron chi connectivity index (χ0n) is 9.81. The molecular formula is C12H20N2O2. The van der Waals surface area contributed by atoms with E-state index in [-0.39, 0.29) is 6.54 Å². The van der Waals surface area contributed by atoms with Crippen molar-refractivity contribution in [3.05, 3.63) is 29.3 Å². The van der Waals surface area contributed by atoms with Crippen LogP contribution in [-0.4, -0.2) is 24.9 Å². The van der Waals surface area contributed by atoms with Gasteiger partial charge in [-0.2, -0.15) is 0 Å². The fraction of sp³-hybridized carbons (Fsp3) is 0.500. The molecule has 0 aromatic heterocycles. The normalized spacial score (nSPS) is 14.6. The fourth-order valence-corrected chi connectivity index (χ4v) is 1.65. The zero-order valence-corrected chi connectivity index (χ0v) is 9.81. The van der Waals surface area contributed by atoms with Crippen LogP contribution in [0.25, 0.3) is 0 Å². The van der Waals surface area contributed by atoms with Crippen LogP contribution in [-0.2, 0) is 6.42 Å². The van der Waals surface area contributed by atoms with E-state index in [1.54, 1.807) is 7.11 Å². The number of hydrogen-bond donors (Lipinski definition) is 3. The molecular weight excluding hydrogens is 204 g/mol. The van der Waals surface area contributed by atoms with E-state index in [0.29, 0.717) is 0 Å². The number of methoxy groups -OCH3 is 1. The fourth-order valence-electron chi connectivity index (χ4n) is 1.65. The highest BCUT2D eigenvalue weighted by Gasteiger charge is 2.16. The largest absolute Gasteiger partial charge is 0.496 e. The summed E-state index contributed by atoms with van der Waals surface area (Å²) in [4.78, 5) is 0. The average Bonchev–Trinajstić information content (AvgIpc) is 2.35. The van der Waals surface area contributed by atoms with E-state index < -0.39 is 12.1 Å². The van der Waals surface area contributed by atoms with E-state index in [4.69, 9.17) is 16.2 Å². The van der Waals surface area contributed by atoms with Crippen molar-refractivity contribution in [1.82, 2.24) is 0 Å². The first-order chi connectivity index (χ1) is 7.63. The van der Waals surface area contributed by atoms with Crippen LogP contribution < -0.4 is 16.2 Å². The van der Waals surface area contributed by atoms with Gasteiger partial charge >= 0.3 is 0 Å². The van der Waals surface area contributed by atoms with Crippen molar-refractivity contribution in [1.29, 1.82) is 0 Å². The van der Waals surface area contributed by atoms with Gasteiger partial charge in [-0.25, -0.2) is 0 Å². The van der Waals surface area contributed by atoms with E-state index in [2.05, 4.69) is 0 Å². The molecule has 0 amide bonds. The lowest BCUT2D eigenvalue weighted by atomic mass is 9.99. The highest BCUT2D eigenvalue weighted by molar-refractivity contribution is 5.38. The summed E-state index contributed by atoms with van der Waals surface area (Å²) >= 11 is 0. The molecule has 0 fully saturated rings. The minimum Gasteiger partial charge on any atom is -0.496 e. The monoisotopic (exact) mass is 224 g/mol. The Hall–Kier alpha value is -1.10. The highest BCUT2D eigenvalue weighted by Crippen LogP contribution is 2.24. The van der Waals surface area contributed by atoms with Gasteiger partial charge in [0, 0.05) is 6.54 Å². The number of nitrogens with two attached hydrogens (primary N) is 2. The van der Waals surface area contributed by atoms with Gasteiger partial charge in [-0.15, -0.1) is 0 Å². The number of aryl methyl sites for hydroxylation is 1. The Morgan fingerprint density at radius 1 is 1.44 bits per heavy atom. The molecule has 0 bridgehead atoms. The van der Waals surface area contributed by atoms with Gasteiger partial charge in [0.15, 0.2) is 0 Å². The van der Waals surface area contributed by atoms with Gasteiger partial charge in [0.1, 0.15) is 5.75 Å². The summed E-state index contributed by atoms with van der Waals surface area (Å²) in [6.45, 7) is 2.21. The molecule has 1 rings (SSSR count). The smallest absolute Gasteiger partial charge is 0.122 e. The van der Waals surface area contributed by atoms with Crippen molar-refractivity contribution in [2.75, 3.05) is 13.7 Å². The summed E-state index contributed by atoms with van der Waals surface area (Å²) < 4.78 is 5.23. The molecule has 0 saturated carbocycles. The van der Waals surface area contributed by atoms with Crippen LogP contribution in [0, 0.1) is 0 Å². The Kier molecular flexibility index (Phi) is 4.73. The first-order valence-electron chi connectivity index (χ1n) is 5.44. The van der Waals surface area contributed by atoms with E-state index in [0.717, 1.165) is 23.3 Å². The lowest BCUT2D eigenvalue weighted by molar-refractivity contribution is 0.153. The van der Waals surface area contributed by atoms with Gasteiger partial charge in [0.2, 0.25) is 0 Å². The van der Waals surface area contributed by atoms with Crippen LogP contribution >= 0.6 is 0 Å². The maximum atomic E-state index is 9.59. The molecule has 0 aliphatic heterocycles. The first-order valence-corrected chi connectivity index (χ1v) is 5.44. The summed E-state index contributed by atoms with van der Waals surface area (Å²) in [5.41, 5.74) is 13.2. The molecule has 2 unspecified atom stereocenters. The maximum Gasteiger partial charge on any atom is 0.122 e. The molecule has 16 heavy (non-hydrogen) atoms. The average molecular weight is 224 g/mol. The van der Waals surface area contributed by atoms with Crippen LogP contribution in [0.1, 0.15) is 24.1 Å². The second-order valence-corrected chi connectivity index (χ2v) is 3.75. The van der Waals surface area contributed by atoms with Crippen molar-refractivity contribution in [3.63, 3.8) is 0 Å². The lowest BCUT2D eigenvalue weighted by Gasteiger charge is -2.19. The van der Waals surface area contributed by atoms with Crippen molar-refractivity contribution < 1.29 is 9.84 Å². The zero-order chi connectivity index (χ0) is 12.1. The number of benzene rings is 1. The molecule has 5 N–H and O–H groups in total. The molecule has 0 radical (unpaired) electrons. The second kappa shape index (κ2) is 5.84. The summed E-state index contributed by atoms with van der Waals surface area (Å²) in [5.74, 6) is 0.848. The van der Waals surface area contributed by atoms with E-state index >= 15 is 0 Å². The number of aliphatic hydroxyl groups excluding tert-OH is 1. The SMILES string of the molecule is CCc1cc(C(N)C(O)CN)ccc1OC. The van der Waals surface area contributed by atoms with Crippen molar-refractivity contribution >= 4 is 0 Å². The Balaban J connectivity index is 2.98. The molecule has 0 saturated heterocycles. The third kappa shape index (κ3) is 2.72. The topological polar surface area (TPSA) is 81.5 Å². The number of aliphatic hydroxyl groups is 1. The van der Waals surface area contributed by atoms with E-state index in [9.17, 15) is 5.11 Å². The molecule has 0 spiro atoms. The van der Waals surface area contributed by atoms with Gasteiger partial charge in [-0.3, -0.25) is 0 Å². The van der Waals surface area contributed by atoms with E-state index in [1.165, 1.54) is 0 Å². The molecule has 90 valence electrons. The quantitative estimate of drug-likeness (QED) is 0.683. The minimum atomic E-state index is -0.710. The summed E-state index contributed by atoms with van der Waals surface area (Å²) in [5, 5.41) is 9.59. The molecule has 4 heteroatoms. The van der Waals surface area contributed by atoms with Gasteiger partial charge in [0.05, 0.1) is 19.3 Å². The second-order valence-electron chi connectivity index (χ2n) is 3.75. The van der Waals surface area contributed by atoms with Gasteiger partial charge < -0.3 is 21.3 Å². The lowest BCUT2D eigenvalue weighted by Crippen LogP contribution is -2.32. The van der Waals surface area contributed by atoms with Gasteiger partial charge in [-0.1, -0.05) is 19.1 Å². The third-order valence-corrected chi connectivity index (χ3v) is 2.73. The Morgan fingerprint density at radius 3 is 2.62 bits per heavy atom. The first kappa shape index (κ1) is 13.0. The summed E-state index contributed by atoms with van der Waals surface area (Å²) in [6, 6.07) is 5.25. The van der Waals surface area contributed by atoms with Crippen molar-refractivity contribution in [3.8, 4) is 5.75 Å². The predicted molar refractivity (Wildman–Crippen MR) is 64.4 cm³/mol. The van der Waals surface area contributed by atoms with Gasteiger partial charge in [0.25, 0.3) is 0 Å². The standard InChI is InChI=1S/C12H20N2O2/c1-3-8-6-9(4-5-11(8)16-2)12(14)10(15)7-13/h4-6,10,12,15H,3,7,13-14H2,1-2H3. The molecule has 0 heterocycles. The minimum absolute atomic E-state index is 0.161. The molecule has 0 aliphatic carbocycles. The van der Waals surface area contributed by atoms with E-state index in [1.807, 2.05) is 25.1 Å². The van der Waals surface area contributed by atoms with Crippen LogP contribution in [0.4, 0.5) is 0 Å². The maximum absolute atomic E-state index is 9.59. The Labute approximate surface area is 96.2 Å². The van der Waals surface area contributed by atoms with Crippen LogP contribution in [0.3, 0.4) is 0 Å². The Morgan fingerprint density at radius 2 is 2.12 bits per heavy atom. The predicted octanol–water partition coefficient (Wildman–Crippen LogP) is 0.577. The third-order valence-electron chi connectivity index (χ3n) is 2.73.